The summed E-state index contributed by atoms with van der Waals surface area (Å²) in [5, 5.41) is 12.7. The number of nitriles is 1. The summed E-state index contributed by atoms with van der Waals surface area (Å²) in [6.07, 6.45) is 1.49. The van der Waals surface area contributed by atoms with Gasteiger partial charge in [0, 0.05) is 9.50 Å². The summed E-state index contributed by atoms with van der Waals surface area (Å²) in [6.45, 7) is 0.439. The van der Waals surface area contributed by atoms with Crippen LogP contribution < -0.4 is 10.1 Å². The van der Waals surface area contributed by atoms with Crippen molar-refractivity contribution in [3.05, 3.63) is 97.9 Å². The monoisotopic (exact) mass is 500 g/mol. The smallest absolute Gasteiger partial charge is 0.266 e. The van der Waals surface area contributed by atoms with E-state index < -0.39 is 5.91 Å². The molecule has 0 radical (unpaired) electrons. The Balaban J connectivity index is 1.66. The van der Waals surface area contributed by atoms with E-state index in [4.69, 9.17) is 27.9 Å². The number of benzene rings is 3. The van der Waals surface area contributed by atoms with Crippen LogP contribution in [0.4, 0.5) is 5.69 Å². The second-order valence-electron chi connectivity index (χ2n) is 6.23. The highest BCUT2D eigenvalue weighted by atomic mass is 79.9. The van der Waals surface area contributed by atoms with Gasteiger partial charge in [0.15, 0.2) is 0 Å². The largest absolute Gasteiger partial charge is 0.489 e. The van der Waals surface area contributed by atoms with Gasteiger partial charge in [-0.25, -0.2) is 0 Å². The fourth-order valence-electron chi connectivity index (χ4n) is 2.51. The highest BCUT2D eigenvalue weighted by Gasteiger charge is 2.12. The summed E-state index contributed by atoms with van der Waals surface area (Å²) in [5.41, 5.74) is 2.02. The first-order valence-electron chi connectivity index (χ1n) is 8.80. The minimum atomic E-state index is -0.572. The van der Waals surface area contributed by atoms with E-state index in [0.29, 0.717) is 33.7 Å². The Morgan fingerprint density at radius 2 is 1.77 bits per heavy atom. The summed E-state index contributed by atoms with van der Waals surface area (Å²) in [5.74, 6) is 0.112. The van der Waals surface area contributed by atoms with Gasteiger partial charge in [-0.1, -0.05) is 63.4 Å². The minimum absolute atomic E-state index is 0.0606. The molecular formula is C23H15BrCl2N2O2. The zero-order valence-electron chi connectivity index (χ0n) is 15.5. The molecule has 7 heteroatoms. The summed E-state index contributed by atoms with van der Waals surface area (Å²) in [7, 11) is 0. The SMILES string of the molecule is N#CC(=Cc1ccc(OCc2ccc(Br)cc2)cc1)C(=O)Nc1cc(Cl)ccc1Cl. The minimum Gasteiger partial charge on any atom is -0.489 e. The van der Waals surface area contributed by atoms with E-state index in [9.17, 15) is 10.1 Å². The molecule has 0 aliphatic rings. The zero-order valence-corrected chi connectivity index (χ0v) is 18.6. The average molecular weight is 502 g/mol. The van der Waals surface area contributed by atoms with E-state index in [0.717, 1.165) is 10.0 Å². The van der Waals surface area contributed by atoms with Crippen LogP contribution in [0.3, 0.4) is 0 Å². The molecule has 3 aromatic carbocycles. The highest BCUT2D eigenvalue weighted by molar-refractivity contribution is 9.10. The van der Waals surface area contributed by atoms with Crippen molar-refractivity contribution in [1.82, 2.24) is 0 Å². The topological polar surface area (TPSA) is 62.1 Å². The van der Waals surface area contributed by atoms with Crippen molar-refractivity contribution in [3.8, 4) is 11.8 Å². The number of nitrogens with one attached hydrogen (secondary N) is 1. The second kappa shape index (κ2) is 10.3. The van der Waals surface area contributed by atoms with Crippen molar-refractivity contribution < 1.29 is 9.53 Å². The highest BCUT2D eigenvalue weighted by Crippen LogP contribution is 2.26. The lowest BCUT2D eigenvalue weighted by molar-refractivity contribution is -0.112. The fourth-order valence-corrected chi connectivity index (χ4v) is 3.11. The van der Waals surface area contributed by atoms with Crippen molar-refractivity contribution in [3.63, 3.8) is 0 Å². The zero-order chi connectivity index (χ0) is 21.5. The molecule has 0 aromatic heterocycles. The molecule has 0 saturated heterocycles. The maximum atomic E-state index is 12.4. The van der Waals surface area contributed by atoms with Crippen LogP contribution in [0.25, 0.3) is 6.08 Å². The van der Waals surface area contributed by atoms with Crippen molar-refractivity contribution in [1.29, 1.82) is 5.26 Å². The Hall–Kier alpha value is -2.78. The van der Waals surface area contributed by atoms with Crippen LogP contribution in [-0.2, 0) is 11.4 Å². The number of nitrogens with zero attached hydrogens (tertiary/aromatic N) is 1. The molecule has 0 spiro atoms. The van der Waals surface area contributed by atoms with Gasteiger partial charge in [0.25, 0.3) is 5.91 Å². The van der Waals surface area contributed by atoms with Crippen molar-refractivity contribution in [2.24, 2.45) is 0 Å². The third kappa shape index (κ3) is 6.11. The second-order valence-corrected chi connectivity index (χ2v) is 7.99. The number of ether oxygens (including phenoxy) is 1. The Labute approximate surface area is 192 Å². The van der Waals surface area contributed by atoms with Crippen LogP contribution in [0.1, 0.15) is 11.1 Å². The van der Waals surface area contributed by atoms with Crippen LogP contribution in [0, 0.1) is 11.3 Å². The quantitative estimate of drug-likeness (QED) is 0.295. The van der Waals surface area contributed by atoms with E-state index >= 15 is 0 Å². The Bertz CT molecular complexity index is 1120. The van der Waals surface area contributed by atoms with Gasteiger partial charge < -0.3 is 10.1 Å². The molecule has 1 amide bonds. The number of carbonyl (C=O) groups excluding carboxylic acids is 1. The third-order valence-corrected chi connectivity index (χ3v) is 5.14. The first-order valence-corrected chi connectivity index (χ1v) is 10.3. The van der Waals surface area contributed by atoms with Gasteiger partial charge in [0.05, 0.1) is 10.7 Å². The van der Waals surface area contributed by atoms with E-state index in [1.165, 1.54) is 12.1 Å². The molecule has 3 rings (SSSR count). The van der Waals surface area contributed by atoms with Gasteiger partial charge in [-0.3, -0.25) is 4.79 Å². The van der Waals surface area contributed by atoms with E-state index in [2.05, 4.69) is 21.2 Å². The van der Waals surface area contributed by atoms with Crippen molar-refractivity contribution in [2.75, 3.05) is 5.32 Å². The summed E-state index contributed by atoms with van der Waals surface area (Å²) >= 11 is 15.4. The molecule has 1 N–H and O–H groups in total. The number of amides is 1. The molecule has 0 unspecified atom stereocenters. The van der Waals surface area contributed by atoms with E-state index in [-0.39, 0.29) is 5.57 Å². The molecule has 0 fully saturated rings. The lowest BCUT2D eigenvalue weighted by atomic mass is 10.1. The van der Waals surface area contributed by atoms with Crippen LogP contribution in [0.15, 0.2) is 76.8 Å². The summed E-state index contributed by atoms with van der Waals surface area (Å²) in [6, 6.07) is 21.6. The summed E-state index contributed by atoms with van der Waals surface area (Å²) in [4.78, 5) is 12.4. The molecule has 4 nitrogen and oxygen atoms in total. The van der Waals surface area contributed by atoms with E-state index in [1.54, 1.807) is 36.4 Å². The van der Waals surface area contributed by atoms with Crippen LogP contribution in [0.5, 0.6) is 5.75 Å². The lowest BCUT2D eigenvalue weighted by Crippen LogP contribution is -2.13. The standard InChI is InChI=1S/C23H15BrCl2N2O2/c24-18-5-1-16(2-6-18)14-30-20-8-3-15(4-9-20)11-17(13-27)23(29)28-22-12-19(25)7-10-21(22)26/h1-12H,14H2,(H,28,29). The fraction of sp³-hybridized carbons (Fsp3) is 0.0435. The van der Waals surface area contributed by atoms with Crippen molar-refractivity contribution in [2.45, 2.75) is 6.61 Å². The summed E-state index contributed by atoms with van der Waals surface area (Å²) < 4.78 is 6.77. The first-order chi connectivity index (χ1) is 14.4. The lowest BCUT2D eigenvalue weighted by Gasteiger charge is -2.08. The molecule has 0 bridgehead atoms. The molecule has 0 atom stereocenters. The van der Waals surface area contributed by atoms with Crippen LogP contribution in [0.2, 0.25) is 10.0 Å². The Morgan fingerprint density at radius 3 is 2.43 bits per heavy atom. The van der Waals surface area contributed by atoms with Gasteiger partial charge in [-0.05, 0) is 59.7 Å². The Morgan fingerprint density at radius 1 is 1.07 bits per heavy atom. The number of anilines is 1. The molecule has 3 aromatic rings. The maximum absolute atomic E-state index is 12.4. The van der Waals surface area contributed by atoms with Gasteiger partial charge in [0.1, 0.15) is 24.0 Å². The third-order valence-electron chi connectivity index (χ3n) is 4.05. The number of carbonyl (C=O) groups is 1. The molecule has 0 heterocycles. The number of rotatable bonds is 6. The van der Waals surface area contributed by atoms with Gasteiger partial charge in [-0.15, -0.1) is 0 Å². The number of hydrogen-bond donors (Lipinski definition) is 1. The normalized spacial score (nSPS) is 10.9. The first kappa shape index (κ1) is 21.9. The Kier molecular flexibility index (Phi) is 7.53. The van der Waals surface area contributed by atoms with Gasteiger partial charge in [0.2, 0.25) is 0 Å². The molecule has 150 valence electrons. The van der Waals surface area contributed by atoms with Crippen molar-refractivity contribution >= 4 is 56.8 Å². The van der Waals surface area contributed by atoms with Gasteiger partial charge >= 0.3 is 0 Å². The molecular weight excluding hydrogens is 487 g/mol. The predicted molar refractivity (Wildman–Crippen MR) is 124 cm³/mol. The predicted octanol–water partition coefficient (Wildman–Crippen LogP) is 6.88. The van der Waals surface area contributed by atoms with Crippen LogP contribution in [-0.4, -0.2) is 5.91 Å². The van der Waals surface area contributed by atoms with E-state index in [1.807, 2.05) is 30.3 Å². The molecule has 0 aliphatic heterocycles. The average Bonchev–Trinajstić information content (AvgIpc) is 2.75. The number of halogens is 3. The van der Waals surface area contributed by atoms with Crippen LogP contribution >= 0.6 is 39.1 Å². The molecule has 0 saturated carbocycles. The number of hydrogen-bond acceptors (Lipinski definition) is 3. The van der Waals surface area contributed by atoms with Gasteiger partial charge in [-0.2, -0.15) is 5.26 Å². The maximum Gasteiger partial charge on any atom is 0.266 e. The molecule has 30 heavy (non-hydrogen) atoms. The molecule has 0 aliphatic carbocycles.